The molecule has 2 nitrogen and oxygen atoms in total. The van der Waals surface area contributed by atoms with Gasteiger partial charge in [0.15, 0.2) is 0 Å². The van der Waals surface area contributed by atoms with Crippen molar-refractivity contribution in [3.63, 3.8) is 0 Å². The molecule has 0 fully saturated rings. The number of hydrogen-bond acceptors (Lipinski definition) is 2. The van der Waals surface area contributed by atoms with E-state index >= 15 is 0 Å². The first-order valence-electron chi connectivity index (χ1n) is 6.32. The van der Waals surface area contributed by atoms with Crippen molar-refractivity contribution < 1.29 is 4.39 Å². The molecule has 1 aromatic carbocycles. The monoisotopic (exact) mass is 238 g/mol. The van der Waals surface area contributed by atoms with E-state index in [1.165, 1.54) is 6.07 Å². The van der Waals surface area contributed by atoms with E-state index in [2.05, 4.69) is 18.7 Å². The summed E-state index contributed by atoms with van der Waals surface area (Å²) in [4.78, 5) is 2.34. The lowest BCUT2D eigenvalue weighted by Gasteiger charge is -2.21. The quantitative estimate of drug-likeness (QED) is 0.825. The summed E-state index contributed by atoms with van der Waals surface area (Å²) < 4.78 is 13.1. The zero-order valence-electron chi connectivity index (χ0n) is 11.0. The summed E-state index contributed by atoms with van der Waals surface area (Å²) in [6.07, 6.45) is 0.909. The Labute approximate surface area is 104 Å². The van der Waals surface area contributed by atoms with Crippen molar-refractivity contribution >= 4 is 0 Å². The zero-order chi connectivity index (χ0) is 12.8. The number of hydrogen-bond donors (Lipinski definition) is 1. The topological polar surface area (TPSA) is 29.3 Å². The van der Waals surface area contributed by atoms with Crippen molar-refractivity contribution in [2.45, 2.75) is 33.2 Å². The van der Waals surface area contributed by atoms with Gasteiger partial charge in [-0.25, -0.2) is 4.39 Å². The lowest BCUT2D eigenvalue weighted by molar-refractivity contribution is 0.291. The van der Waals surface area contributed by atoms with Gasteiger partial charge in [-0.3, -0.25) is 0 Å². The minimum Gasteiger partial charge on any atom is -0.324 e. The third kappa shape index (κ3) is 4.10. The molecule has 1 rings (SSSR count). The molecule has 17 heavy (non-hydrogen) atoms. The van der Waals surface area contributed by atoms with Gasteiger partial charge in [0.05, 0.1) is 0 Å². The fourth-order valence-electron chi connectivity index (χ4n) is 1.93. The largest absolute Gasteiger partial charge is 0.324 e. The molecular formula is C14H23FN2. The first-order valence-corrected chi connectivity index (χ1v) is 6.32. The second-order valence-electron chi connectivity index (χ2n) is 4.43. The predicted molar refractivity (Wildman–Crippen MR) is 70.5 cm³/mol. The molecular weight excluding hydrogens is 215 g/mol. The van der Waals surface area contributed by atoms with Crippen LogP contribution < -0.4 is 5.73 Å². The highest BCUT2D eigenvalue weighted by Gasteiger charge is 2.09. The third-order valence-corrected chi connectivity index (χ3v) is 3.26. The normalized spacial score (nSPS) is 13.1. The average molecular weight is 238 g/mol. The van der Waals surface area contributed by atoms with Gasteiger partial charge in [-0.05, 0) is 50.2 Å². The molecule has 0 heterocycles. The van der Waals surface area contributed by atoms with Crippen LogP contribution in [0.25, 0.3) is 0 Å². The molecule has 0 aliphatic carbocycles. The standard InChI is InChI=1S/C14H23FN2/c1-4-17(5-2)9-8-14(16)12-6-7-13(15)11(3)10-12/h6-7,10,14H,4-5,8-9,16H2,1-3H3. The van der Waals surface area contributed by atoms with Crippen LogP contribution in [0.5, 0.6) is 0 Å². The van der Waals surface area contributed by atoms with Crippen LogP contribution in [0.3, 0.4) is 0 Å². The molecule has 0 aliphatic heterocycles. The van der Waals surface area contributed by atoms with E-state index in [0.717, 1.165) is 31.6 Å². The summed E-state index contributed by atoms with van der Waals surface area (Å²) >= 11 is 0. The summed E-state index contributed by atoms with van der Waals surface area (Å²) in [5.74, 6) is -0.162. The number of aryl methyl sites for hydroxylation is 1. The van der Waals surface area contributed by atoms with Gasteiger partial charge >= 0.3 is 0 Å². The Balaban J connectivity index is 2.57. The molecule has 1 atom stereocenters. The number of rotatable bonds is 6. The maximum Gasteiger partial charge on any atom is 0.126 e. The second kappa shape index (κ2) is 6.72. The highest BCUT2D eigenvalue weighted by Crippen LogP contribution is 2.17. The highest BCUT2D eigenvalue weighted by molar-refractivity contribution is 5.26. The molecule has 0 aromatic heterocycles. The number of nitrogens with two attached hydrogens (primary N) is 1. The first-order chi connectivity index (χ1) is 8.08. The van der Waals surface area contributed by atoms with Gasteiger partial charge in [0.25, 0.3) is 0 Å². The van der Waals surface area contributed by atoms with Gasteiger partial charge in [0.2, 0.25) is 0 Å². The Hall–Kier alpha value is -0.930. The molecule has 2 N–H and O–H groups in total. The lowest BCUT2D eigenvalue weighted by Crippen LogP contribution is -2.27. The van der Waals surface area contributed by atoms with Gasteiger partial charge < -0.3 is 10.6 Å². The van der Waals surface area contributed by atoms with E-state index < -0.39 is 0 Å². The Kier molecular flexibility index (Phi) is 5.59. The molecule has 0 saturated heterocycles. The van der Waals surface area contributed by atoms with E-state index in [1.807, 2.05) is 6.07 Å². The van der Waals surface area contributed by atoms with Gasteiger partial charge in [-0.1, -0.05) is 26.0 Å². The summed E-state index contributed by atoms with van der Waals surface area (Å²) in [6, 6.07) is 5.13. The smallest absolute Gasteiger partial charge is 0.126 e. The van der Waals surface area contributed by atoms with Crippen LogP contribution in [0.15, 0.2) is 18.2 Å². The third-order valence-electron chi connectivity index (χ3n) is 3.26. The Morgan fingerprint density at radius 1 is 1.29 bits per heavy atom. The van der Waals surface area contributed by atoms with Crippen molar-refractivity contribution in [2.24, 2.45) is 5.73 Å². The van der Waals surface area contributed by atoms with Crippen molar-refractivity contribution in [1.82, 2.24) is 4.90 Å². The molecule has 0 amide bonds. The minimum atomic E-state index is -0.162. The molecule has 0 bridgehead atoms. The maximum atomic E-state index is 13.1. The van der Waals surface area contributed by atoms with Gasteiger partial charge in [0, 0.05) is 6.04 Å². The van der Waals surface area contributed by atoms with Crippen molar-refractivity contribution in [2.75, 3.05) is 19.6 Å². The zero-order valence-corrected chi connectivity index (χ0v) is 11.0. The SMILES string of the molecule is CCN(CC)CCC(N)c1ccc(F)c(C)c1. The maximum absolute atomic E-state index is 13.1. The Bertz CT molecular complexity index is 348. The van der Waals surface area contributed by atoms with Crippen LogP contribution in [-0.4, -0.2) is 24.5 Å². The van der Waals surface area contributed by atoms with Gasteiger partial charge in [-0.2, -0.15) is 0 Å². The summed E-state index contributed by atoms with van der Waals surface area (Å²) in [5.41, 5.74) is 7.81. The van der Waals surface area contributed by atoms with E-state index in [9.17, 15) is 4.39 Å². The highest BCUT2D eigenvalue weighted by atomic mass is 19.1. The van der Waals surface area contributed by atoms with Crippen LogP contribution in [0.2, 0.25) is 0 Å². The van der Waals surface area contributed by atoms with Crippen molar-refractivity contribution in [1.29, 1.82) is 0 Å². The first kappa shape index (κ1) is 14.1. The van der Waals surface area contributed by atoms with Crippen LogP contribution in [-0.2, 0) is 0 Å². The molecule has 0 radical (unpaired) electrons. The Morgan fingerprint density at radius 2 is 1.94 bits per heavy atom. The predicted octanol–water partition coefficient (Wildman–Crippen LogP) is 2.87. The number of nitrogens with zero attached hydrogens (tertiary/aromatic N) is 1. The van der Waals surface area contributed by atoms with E-state index in [1.54, 1.807) is 13.0 Å². The minimum absolute atomic E-state index is 0.00472. The van der Waals surface area contributed by atoms with Crippen LogP contribution >= 0.6 is 0 Å². The average Bonchev–Trinajstić information content (AvgIpc) is 2.33. The number of halogens is 1. The summed E-state index contributed by atoms with van der Waals surface area (Å²) in [7, 11) is 0. The molecule has 0 aliphatic rings. The van der Waals surface area contributed by atoms with E-state index in [0.29, 0.717) is 5.56 Å². The van der Waals surface area contributed by atoms with Crippen LogP contribution in [0.1, 0.15) is 37.4 Å². The molecule has 1 unspecified atom stereocenters. The van der Waals surface area contributed by atoms with E-state index in [-0.39, 0.29) is 11.9 Å². The van der Waals surface area contributed by atoms with Crippen LogP contribution in [0.4, 0.5) is 4.39 Å². The van der Waals surface area contributed by atoms with E-state index in [4.69, 9.17) is 5.73 Å². The van der Waals surface area contributed by atoms with Crippen LogP contribution in [0, 0.1) is 12.7 Å². The lowest BCUT2D eigenvalue weighted by atomic mass is 10.0. The molecule has 0 saturated carbocycles. The molecule has 0 spiro atoms. The summed E-state index contributed by atoms with van der Waals surface area (Å²) in [6.45, 7) is 9.16. The fraction of sp³-hybridized carbons (Fsp3) is 0.571. The molecule has 3 heteroatoms. The van der Waals surface area contributed by atoms with Gasteiger partial charge in [-0.15, -0.1) is 0 Å². The van der Waals surface area contributed by atoms with Gasteiger partial charge in [0.1, 0.15) is 5.82 Å². The molecule has 96 valence electrons. The van der Waals surface area contributed by atoms with Crippen molar-refractivity contribution in [3.05, 3.63) is 35.1 Å². The number of benzene rings is 1. The van der Waals surface area contributed by atoms with Crippen molar-refractivity contribution in [3.8, 4) is 0 Å². The fourth-order valence-corrected chi connectivity index (χ4v) is 1.93. The second-order valence-corrected chi connectivity index (χ2v) is 4.43. The molecule has 1 aromatic rings. The Morgan fingerprint density at radius 3 is 2.47 bits per heavy atom. The summed E-state index contributed by atoms with van der Waals surface area (Å²) in [5, 5.41) is 0.